The van der Waals surface area contributed by atoms with Gasteiger partial charge in [0, 0.05) is 6.54 Å². The molecule has 3 heteroatoms. The molecule has 0 aliphatic rings. The van der Waals surface area contributed by atoms with Gasteiger partial charge >= 0.3 is 0 Å². The Labute approximate surface area is 138 Å². The second-order valence-corrected chi connectivity index (χ2v) is 6.59. The summed E-state index contributed by atoms with van der Waals surface area (Å²) in [6.45, 7) is 5.47. The first-order chi connectivity index (χ1) is 11.1. The zero-order valence-electron chi connectivity index (χ0n) is 13.9. The maximum Gasteiger partial charge on any atom is 0.127 e. The van der Waals surface area contributed by atoms with Gasteiger partial charge in [-0.1, -0.05) is 56.3 Å². The lowest BCUT2D eigenvalue weighted by molar-refractivity contribution is 0.498. The molecule has 2 N–H and O–H groups in total. The molecule has 0 radical (unpaired) electrons. The summed E-state index contributed by atoms with van der Waals surface area (Å²) in [5.41, 5.74) is 9.99. The Kier molecular flexibility index (Phi) is 4.77. The van der Waals surface area contributed by atoms with Crippen molar-refractivity contribution in [1.82, 2.24) is 9.55 Å². The Hall–Kier alpha value is -2.13. The topological polar surface area (TPSA) is 43.8 Å². The van der Waals surface area contributed by atoms with Gasteiger partial charge in [-0.2, -0.15) is 0 Å². The number of aryl methyl sites for hydroxylation is 1. The third kappa shape index (κ3) is 3.62. The van der Waals surface area contributed by atoms with Crippen molar-refractivity contribution < 1.29 is 0 Å². The molecular formula is C20H25N3. The van der Waals surface area contributed by atoms with Crippen LogP contribution in [0.3, 0.4) is 0 Å². The fraction of sp³-hybridized carbons (Fsp3) is 0.350. The fourth-order valence-corrected chi connectivity index (χ4v) is 2.96. The van der Waals surface area contributed by atoms with Crippen LogP contribution in [-0.4, -0.2) is 9.55 Å². The van der Waals surface area contributed by atoms with Crippen LogP contribution in [0.5, 0.6) is 0 Å². The Morgan fingerprint density at radius 1 is 1.00 bits per heavy atom. The molecule has 23 heavy (non-hydrogen) atoms. The summed E-state index contributed by atoms with van der Waals surface area (Å²) >= 11 is 0. The van der Waals surface area contributed by atoms with Crippen molar-refractivity contribution in [1.29, 1.82) is 0 Å². The van der Waals surface area contributed by atoms with Crippen molar-refractivity contribution in [3.63, 3.8) is 0 Å². The molecule has 3 aromatic rings. The second kappa shape index (κ2) is 6.97. The lowest BCUT2D eigenvalue weighted by atomic mass is 10.1. The van der Waals surface area contributed by atoms with Crippen LogP contribution in [-0.2, 0) is 13.0 Å². The highest BCUT2D eigenvalue weighted by molar-refractivity contribution is 5.76. The maximum atomic E-state index is 6.51. The van der Waals surface area contributed by atoms with Crippen LogP contribution in [0.4, 0.5) is 0 Å². The minimum absolute atomic E-state index is 0.0861. The molecule has 1 unspecified atom stereocenters. The van der Waals surface area contributed by atoms with Crippen molar-refractivity contribution in [3.05, 3.63) is 66.0 Å². The van der Waals surface area contributed by atoms with Crippen molar-refractivity contribution in [3.8, 4) is 0 Å². The first-order valence-electron chi connectivity index (χ1n) is 8.40. The molecule has 0 fully saturated rings. The normalized spacial score (nSPS) is 12.9. The van der Waals surface area contributed by atoms with Crippen molar-refractivity contribution >= 4 is 11.0 Å². The van der Waals surface area contributed by atoms with Gasteiger partial charge in [0.15, 0.2) is 0 Å². The van der Waals surface area contributed by atoms with Crippen LogP contribution in [0.1, 0.15) is 37.7 Å². The molecular weight excluding hydrogens is 282 g/mol. The van der Waals surface area contributed by atoms with E-state index in [1.807, 2.05) is 12.1 Å². The summed E-state index contributed by atoms with van der Waals surface area (Å²) in [6.07, 6.45) is 1.94. The van der Waals surface area contributed by atoms with E-state index in [0.29, 0.717) is 5.92 Å². The molecule has 120 valence electrons. The molecule has 1 atom stereocenters. The molecule has 0 aliphatic carbocycles. The Morgan fingerprint density at radius 2 is 1.70 bits per heavy atom. The first-order valence-corrected chi connectivity index (χ1v) is 8.40. The lowest BCUT2D eigenvalue weighted by Crippen LogP contribution is -2.19. The molecule has 0 aliphatic heterocycles. The number of imidazole rings is 1. The number of hydrogen-bond donors (Lipinski definition) is 1. The van der Waals surface area contributed by atoms with Gasteiger partial charge in [-0.3, -0.25) is 0 Å². The highest BCUT2D eigenvalue weighted by Crippen LogP contribution is 2.23. The summed E-state index contributed by atoms with van der Waals surface area (Å²) < 4.78 is 2.31. The minimum atomic E-state index is -0.0861. The highest BCUT2D eigenvalue weighted by atomic mass is 15.1. The van der Waals surface area contributed by atoms with E-state index in [1.165, 1.54) is 11.1 Å². The van der Waals surface area contributed by atoms with Gasteiger partial charge in [-0.05, 0) is 36.5 Å². The van der Waals surface area contributed by atoms with Crippen LogP contribution < -0.4 is 5.73 Å². The fourth-order valence-electron chi connectivity index (χ4n) is 2.96. The first kappa shape index (κ1) is 15.8. The summed E-state index contributed by atoms with van der Waals surface area (Å²) in [5, 5.41) is 0. The zero-order valence-corrected chi connectivity index (χ0v) is 13.9. The van der Waals surface area contributed by atoms with E-state index in [0.717, 1.165) is 30.7 Å². The summed E-state index contributed by atoms with van der Waals surface area (Å²) in [6, 6.07) is 18.6. The SMILES string of the molecule is CC(C)CCn1c(C(N)Cc2ccccc2)nc2ccccc21. The van der Waals surface area contributed by atoms with E-state index in [2.05, 4.69) is 60.9 Å². The highest BCUT2D eigenvalue weighted by Gasteiger charge is 2.17. The Balaban J connectivity index is 1.93. The zero-order chi connectivity index (χ0) is 16.2. The molecule has 2 aromatic carbocycles. The summed E-state index contributed by atoms with van der Waals surface area (Å²) in [5.74, 6) is 1.66. The van der Waals surface area contributed by atoms with E-state index in [4.69, 9.17) is 10.7 Å². The molecule has 1 heterocycles. The van der Waals surface area contributed by atoms with Crippen LogP contribution in [0.2, 0.25) is 0 Å². The largest absolute Gasteiger partial charge is 0.327 e. The predicted octanol–water partition coefficient (Wildman–Crippen LogP) is 4.32. The van der Waals surface area contributed by atoms with Crippen molar-refractivity contribution in [2.45, 2.75) is 39.3 Å². The van der Waals surface area contributed by atoms with Crippen molar-refractivity contribution in [2.75, 3.05) is 0 Å². The molecule has 0 saturated heterocycles. The molecule has 1 aromatic heterocycles. The van der Waals surface area contributed by atoms with Crippen LogP contribution >= 0.6 is 0 Å². The average Bonchev–Trinajstić information content (AvgIpc) is 2.92. The molecule has 0 saturated carbocycles. The quantitative estimate of drug-likeness (QED) is 0.737. The molecule has 0 amide bonds. The number of nitrogens with two attached hydrogens (primary N) is 1. The van der Waals surface area contributed by atoms with Gasteiger partial charge in [-0.25, -0.2) is 4.98 Å². The maximum absolute atomic E-state index is 6.51. The number of benzene rings is 2. The minimum Gasteiger partial charge on any atom is -0.327 e. The molecule has 3 rings (SSSR count). The van der Waals surface area contributed by atoms with Crippen LogP contribution in [0.25, 0.3) is 11.0 Å². The Morgan fingerprint density at radius 3 is 2.43 bits per heavy atom. The number of rotatable bonds is 6. The van der Waals surface area contributed by atoms with E-state index < -0.39 is 0 Å². The van der Waals surface area contributed by atoms with Gasteiger partial charge < -0.3 is 10.3 Å². The third-order valence-electron chi connectivity index (χ3n) is 4.24. The second-order valence-electron chi connectivity index (χ2n) is 6.59. The monoisotopic (exact) mass is 307 g/mol. The van der Waals surface area contributed by atoms with Gasteiger partial charge in [0.25, 0.3) is 0 Å². The molecule has 0 bridgehead atoms. The van der Waals surface area contributed by atoms with E-state index in [-0.39, 0.29) is 6.04 Å². The summed E-state index contributed by atoms with van der Waals surface area (Å²) in [4.78, 5) is 4.82. The van der Waals surface area contributed by atoms with E-state index in [1.54, 1.807) is 0 Å². The van der Waals surface area contributed by atoms with Gasteiger partial charge in [0.2, 0.25) is 0 Å². The third-order valence-corrected chi connectivity index (χ3v) is 4.24. The smallest absolute Gasteiger partial charge is 0.127 e. The lowest BCUT2D eigenvalue weighted by Gasteiger charge is -2.16. The molecule has 3 nitrogen and oxygen atoms in total. The average molecular weight is 307 g/mol. The predicted molar refractivity (Wildman–Crippen MR) is 96.3 cm³/mol. The molecule has 0 spiro atoms. The number of nitrogens with zero attached hydrogens (tertiary/aromatic N) is 2. The van der Waals surface area contributed by atoms with E-state index >= 15 is 0 Å². The standard InChI is InChI=1S/C20H25N3/c1-15(2)12-13-23-19-11-7-6-10-18(19)22-20(23)17(21)14-16-8-4-3-5-9-16/h3-11,15,17H,12-14,21H2,1-2H3. The number of hydrogen-bond acceptors (Lipinski definition) is 2. The van der Waals surface area contributed by atoms with Crippen molar-refractivity contribution in [2.24, 2.45) is 11.7 Å². The Bertz CT molecular complexity index is 759. The number of para-hydroxylation sites is 2. The van der Waals surface area contributed by atoms with E-state index in [9.17, 15) is 0 Å². The van der Waals surface area contributed by atoms with Crippen LogP contribution in [0.15, 0.2) is 54.6 Å². The van der Waals surface area contributed by atoms with Gasteiger partial charge in [-0.15, -0.1) is 0 Å². The van der Waals surface area contributed by atoms with Gasteiger partial charge in [0.05, 0.1) is 17.1 Å². The summed E-state index contributed by atoms with van der Waals surface area (Å²) in [7, 11) is 0. The van der Waals surface area contributed by atoms with Crippen LogP contribution in [0, 0.1) is 5.92 Å². The number of aromatic nitrogens is 2. The number of fused-ring (bicyclic) bond motifs is 1. The van der Waals surface area contributed by atoms with Gasteiger partial charge in [0.1, 0.15) is 5.82 Å².